The fourth-order valence-electron chi connectivity index (χ4n) is 1.42. The Morgan fingerprint density at radius 1 is 1.32 bits per heavy atom. The van der Waals surface area contributed by atoms with E-state index >= 15 is 0 Å². The number of nitriles is 1. The molecule has 7 nitrogen and oxygen atoms in total. The minimum atomic E-state index is -0.975. The van der Waals surface area contributed by atoms with Gasteiger partial charge in [-0.25, -0.2) is 4.79 Å². The molecule has 0 aliphatic heterocycles. The number of hydrogen-bond acceptors (Lipinski definition) is 4. The van der Waals surface area contributed by atoms with Crippen molar-refractivity contribution in [2.75, 3.05) is 6.54 Å². The van der Waals surface area contributed by atoms with Crippen LogP contribution in [-0.2, 0) is 9.59 Å². The van der Waals surface area contributed by atoms with Crippen molar-refractivity contribution in [1.82, 2.24) is 10.2 Å². The van der Waals surface area contributed by atoms with E-state index in [1.54, 1.807) is 13.8 Å². The molecule has 19 heavy (non-hydrogen) atoms. The Morgan fingerprint density at radius 2 is 1.95 bits per heavy atom. The number of carboxylic acids is 1. The molecule has 0 unspecified atom stereocenters. The van der Waals surface area contributed by atoms with Gasteiger partial charge in [0.15, 0.2) is 0 Å². The molecule has 0 heterocycles. The Bertz CT molecular complexity index is 374. The maximum absolute atomic E-state index is 11.8. The third kappa shape index (κ3) is 7.76. The summed E-state index contributed by atoms with van der Waals surface area (Å²) in [7, 11) is 0. The first kappa shape index (κ1) is 16.9. The number of aliphatic carboxylic acids is 1. The van der Waals surface area contributed by atoms with Gasteiger partial charge in [-0.15, -0.1) is 0 Å². The largest absolute Gasteiger partial charge is 0.481 e. The van der Waals surface area contributed by atoms with Gasteiger partial charge in [-0.3, -0.25) is 14.9 Å². The van der Waals surface area contributed by atoms with Crippen LogP contribution in [0.4, 0.5) is 4.79 Å². The summed E-state index contributed by atoms with van der Waals surface area (Å²) in [6.07, 6.45) is 0.263. The number of nitrogens with one attached hydrogen (secondary N) is 1. The first-order valence-electron chi connectivity index (χ1n) is 6.07. The highest BCUT2D eigenvalue weighted by Gasteiger charge is 2.18. The van der Waals surface area contributed by atoms with Crippen molar-refractivity contribution in [2.24, 2.45) is 0 Å². The van der Waals surface area contributed by atoms with Crippen LogP contribution in [0, 0.1) is 11.3 Å². The lowest BCUT2D eigenvalue weighted by Crippen LogP contribution is -2.46. The molecule has 7 heteroatoms. The summed E-state index contributed by atoms with van der Waals surface area (Å²) >= 11 is 0. The molecule has 0 atom stereocenters. The second-order valence-electron chi connectivity index (χ2n) is 4.30. The van der Waals surface area contributed by atoms with E-state index in [0.717, 1.165) is 0 Å². The van der Waals surface area contributed by atoms with Gasteiger partial charge in [-0.1, -0.05) is 0 Å². The molecule has 0 saturated carbocycles. The number of urea groups is 1. The van der Waals surface area contributed by atoms with Crippen LogP contribution in [0.1, 0.15) is 39.5 Å². The maximum atomic E-state index is 11.8. The van der Waals surface area contributed by atoms with E-state index in [1.165, 1.54) is 4.90 Å². The van der Waals surface area contributed by atoms with Gasteiger partial charge in [0.1, 0.15) is 0 Å². The highest BCUT2D eigenvalue weighted by atomic mass is 16.4. The molecule has 106 valence electrons. The Morgan fingerprint density at radius 3 is 2.42 bits per heavy atom. The number of imide groups is 1. The van der Waals surface area contributed by atoms with Crippen molar-refractivity contribution < 1.29 is 19.5 Å². The van der Waals surface area contributed by atoms with Gasteiger partial charge in [-0.2, -0.15) is 5.26 Å². The zero-order chi connectivity index (χ0) is 14.8. The van der Waals surface area contributed by atoms with E-state index < -0.39 is 17.9 Å². The number of amides is 3. The fourth-order valence-corrected chi connectivity index (χ4v) is 1.42. The summed E-state index contributed by atoms with van der Waals surface area (Å²) in [4.78, 5) is 34.9. The molecular weight excluding hydrogens is 250 g/mol. The average molecular weight is 269 g/mol. The zero-order valence-electron chi connectivity index (χ0n) is 11.2. The van der Waals surface area contributed by atoms with Gasteiger partial charge < -0.3 is 10.0 Å². The van der Waals surface area contributed by atoms with Crippen LogP contribution < -0.4 is 5.32 Å². The summed E-state index contributed by atoms with van der Waals surface area (Å²) < 4.78 is 0. The molecule has 0 spiro atoms. The first-order valence-corrected chi connectivity index (χ1v) is 6.07. The van der Waals surface area contributed by atoms with Crippen LogP contribution in [0.15, 0.2) is 0 Å². The predicted molar refractivity (Wildman–Crippen MR) is 67.1 cm³/mol. The van der Waals surface area contributed by atoms with E-state index in [2.05, 4.69) is 5.32 Å². The molecule has 0 aromatic rings. The van der Waals surface area contributed by atoms with Gasteiger partial charge in [0, 0.05) is 25.4 Å². The molecule has 0 radical (unpaired) electrons. The van der Waals surface area contributed by atoms with E-state index in [1.807, 2.05) is 6.07 Å². The van der Waals surface area contributed by atoms with Gasteiger partial charge in [0.2, 0.25) is 5.91 Å². The Kier molecular flexibility index (Phi) is 7.93. The number of carboxylic acid groups (broad SMARTS) is 1. The van der Waals surface area contributed by atoms with Crippen molar-refractivity contribution in [3.05, 3.63) is 0 Å². The smallest absolute Gasteiger partial charge is 0.324 e. The minimum absolute atomic E-state index is 0.0117. The van der Waals surface area contributed by atoms with Gasteiger partial charge >= 0.3 is 12.0 Å². The molecular formula is C12H19N3O4. The van der Waals surface area contributed by atoms with Crippen LogP contribution in [0.5, 0.6) is 0 Å². The third-order valence-electron chi connectivity index (χ3n) is 2.39. The molecule has 0 aromatic heterocycles. The van der Waals surface area contributed by atoms with Crippen LogP contribution in [0.2, 0.25) is 0 Å². The maximum Gasteiger partial charge on any atom is 0.324 e. The summed E-state index contributed by atoms with van der Waals surface area (Å²) in [6.45, 7) is 3.82. The average Bonchev–Trinajstić information content (AvgIpc) is 2.28. The minimum Gasteiger partial charge on any atom is -0.481 e. The second kappa shape index (κ2) is 8.91. The van der Waals surface area contributed by atoms with Gasteiger partial charge in [0.25, 0.3) is 0 Å². The highest BCUT2D eigenvalue weighted by Crippen LogP contribution is 2.01. The quantitative estimate of drug-likeness (QED) is 0.719. The van der Waals surface area contributed by atoms with Crippen LogP contribution in [-0.4, -0.2) is 40.5 Å². The standard InChI is InChI=1S/C12H19N3O4/c1-9(2)15(8-4-7-13)12(19)14-10(16)5-3-6-11(17)18/h9H,3-6,8H2,1-2H3,(H,17,18)(H,14,16,19). The predicted octanol–water partition coefficient (Wildman–Crippen LogP) is 1.10. The van der Waals surface area contributed by atoms with Crippen molar-refractivity contribution in [3.8, 4) is 6.07 Å². The van der Waals surface area contributed by atoms with E-state index in [9.17, 15) is 14.4 Å². The number of carbonyl (C=O) groups excluding carboxylic acids is 2. The van der Waals surface area contributed by atoms with Gasteiger partial charge in [0.05, 0.1) is 12.5 Å². The number of rotatable bonds is 7. The molecule has 3 amide bonds. The normalized spacial score (nSPS) is 9.79. The summed E-state index contributed by atoms with van der Waals surface area (Å²) in [5.41, 5.74) is 0. The summed E-state index contributed by atoms with van der Waals surface area (Å²) in [5.74, 6) is -1.48. The van der Waals surface area contributed by atoms with Gasteiger partial charge in [-0.05, 0) is 20.3 Å². The molecule has 2 N–H and O–H groups in total. The van der Waals surface area contributed by atoms with E-state index in [4.69, 9.17) is 10.4 Å². The topological polar surface area (TPSA) is 111 Å². The Balaban J connectivity index is 4.20. The number of nitrogens with zero attached hydrogens (tertiary/aromatic N) is 2. The van der Waals surface area contributed by atoms with Crippen molar-refractivity contribution in [2.45, 2.75) is 45.6 Å². The zero-order valence-corrected chi connectivity index (χ0v) is 11.2. The highest BCUT2D eigenvalue weighted by molar-refractivity contribution is 5.94. The Hall–Kier alpha value is -2.10. The van der Waals surface area contributed by atoms with Crippen molar-refractivity contribution in [1.29, 1.82) is 5.26 Å². The van der Waals surface area contributed by atoms with E-state index in [0.29, 0.717) is 0 Å². The summed E-state index contributed by atoms with van der Waals surface area (Å²) in [6, 6.07) is 1.26. The molecule has 0 rings (SSSR count). The SMILES string of the molecule is CC(C)N(CCC#N)C(=O)NC(=O)CCCC(=O)O. The third-order valence-corrected chi connectivity index (χ3v) is 2.39. The monoisotopic (exact) mass is 269 g/mol. The fraction of sp³-hybridized carbons (Fsp3) is 0.667. The lowest BCUT2D eigenvalue weighted by Gasteiger charge is -2.25. The van der Waals surface area contributed by atoms with Crippen molar-refractivity contribution >= 4 is 17.9 Å². The molecule has 0 saturated heterocycles. The first-order chi connectivity index (χ1) is 8.88. The second-order valence-corrected chi connectivity index (χ2v) is 4.30. The molecule has 0 fully saturated rings. The molecule has 0 bridgehead atoms. The lowest BCUT2D eigenvalue weighted by molar-refractivity contribution is -0.137. The summed E-state index contributed by atoms with van der Waals surface area (Å²) in [5, 5.41) is 19.1. The number of carbonyl (C=O) groups is 3. The Labute approximate surface area is 112 Å². The van der Waals surface area contributed by atoms with E-state index in [-0.39, 0.29) is 38.3 Å². The van der Waals surface area contributed by atoms with Crippen molar-refractivity contribution in [3.63, 3.8) is 0 Å². The van der Waals surface area contributed by atoms with Crippen LogP contribution in [0.3, 0.4) is 0 Å². The number of hydrogen-bond donors (Lipinski definition) is 2. The van der Waals surface area contributed by atoms with Crippen LogP contribution >= 0.6 is 0 Å². The van der Waals surface area contributed by atoms with Crippen LogP contribution in [0.25, 0.3) is 0 Å². The molecule has 0 aromatic carbocycles. The molecule has 0 aliphatic rings. The molecule has 0 aliphatic carbocycles. The lowest BCUT2D eigenvalue weighted by atomic mass is 10.2.